The van der Waals surface area contributed by atoms with E-state index in [0.29, 0.717) is 26.2 Å². The molecule has 0 bridgehead atoms. The van der Waals surface area contributed by atoms with E-state index in [-0.39, 0.29) is 0 Å². The van der Waals surface area contributed by atoms with E-state index in [0.717, 1.165) is 37.2 Å². The number of hydrogen-bond acceptors (Lipinski definition) is 4. The minimum absolute atomic E-state index is 0.429. The van der Waals surface area contributed by atoms with Gasteiger partial charge >= 0.3 is 6.18 Å². The van der Waals surface area contributed by atoms with Crippen molar-refractivity contribution in [1.29, 1.82) is 0 Å². The lowest BCUT2D eigenvalue weighted by atomic mass is 9.96. The number of aromatic nitrogens is 2. The van der Waals surface area contributed by atoms with Crippen molar-refractivity contribution in [3.63, 3.8) is 0 Å². The highest BCUT2D eigenvalue weighted by Gasteiger charge is 2.32. The van der Waals surface area contributed by atoms with Gasteiger partial charge in [-0.25, -0.2) is 9.97 Å². The lowest BCUT2D eigenvalue weighted by Gasteiger charge is -2.37. The first-order chi connectivity index (χ1) is 10.0. The van der Waals surface area contributed by atoms with Crippen LogP contribution in [0, 0.1) is 0 Å². The van der Waals surface area contributed by atoms with Crippen molar-refractivity contribution in [2.75, 3.05) is 37.6 Å². The van der Waals surface area contributed by atoms with Crippen molar-refractivity contribution in [3.05, 3.63) is 17.6 Å². The molecule has 1 aromatic rings. The normalized spacial score (nSPS) is 20.4. The van der Waals surface area contributed by atoms with Gasteiger partial charge in [-0.15, -0.1) is 0 Å². The standard InChI is InChI=1S/C14H19F3N4/c15-14(16,17)9-20-5-7-21(8-6-20)13-11-3-1-2-4-12(11)18-10-19-13/h10H,1-9H2. The van der Waals surface area contributed by atoms with Gasteiger partial charge in [0.1, 0.15) is 12.1 Å². The van der Waals surface area contributed by atoms with Gasteiger partial charge in [0.25, 0.3) is 0 Å². The summed E-state index contributed by atoms with van der Waals surface area (Å²) in [4.78, 5) is 12.3. The van der Waals surface area contributed by atoms with Crippen LogP contribution >= 0.6 is 0 Å². The molecular weight excluding hydrogens is 281 g/mol. The zero-order chi connectivity index (χ0) is 14.9. The summed E-state index contributed by atoms with van der Waals surface area (Å²) in [5.41, 5.74) is 2.32. The molecule has 2 aliphatic rings. The Bertz CT molecular complexity index is 495. The highest BCUT2D eigenvalue weighted by molar-refractivity contribution is 5.50. The quantitative estimate of drug-likeness (QED) is 0.837. The molecule has 4 nitrogen and oxygen atoms in total. The molecule has 0 unspecified atom stereocenters. The zero-order valence-corrected chi connectivity index (χ0v) is 11.9. The number of halogens is 3. The summed E-state index contributed by atoms with van der Waals surface area (Å²) in [7, 11) is 0. The molecule has 0 saturated carbocycles. The van der Waals surface area contributed by atoms with Gasteiger partial charge in [-0.3, -0.25) is 4.90 Å². The van der Waals surface area contributed by atoms with Crippen molar-refractivity contribution in [1.82, 2.24) is 14.9 Å². The molecule has 21 heavy (non-hydrogen) atoms. The molecule has 1 aromatic heterocycles. The Kier molecular flexibility index (Phi) is 4.01. The largest absolute Gasteiger partial charge is 0.401 e. The molecule has 116 valence electrons. The minimum atomic E-state index is -4.11. The summed E-state index contributed by atoms with van der Waals surface area (Å²) < 4.78 is 37.2. The molecule has 1 saturated heterocycles. The van der Waals surface area contributed by atoms with Crippen LogP contribution in [0.5, 0.6) is 0 Å². The molecule has 0 radical (unpaired) electrons. The third-order valence-corrected chi connectivity index (χ3v) is 4.18. The molecule has 1 fully saturated rings. The summed E-state index contributed by atoms with van der Waals surface area (Å²) in [5, 5.41) is 0. The Morgan fingerprint density at radius 2 is 1.71 bits per heavy atom. The van der Waals surface area contributed by atoms with E-state index in [1.165, 1.54) is 10.5 Å². The molecule has 0 atom stereocenters. The van der Waals surface area contributed by atoms with E-state index in [1.807, 2.05) is 0 Å². The zero-order valence-electron chi connectivity index (χ0n) is 11.9. The maximum atomic E-state index is 12.4. The van der Waals surface area contributed by atoms with Crippen LogP contribution in [0.25, 0.3) is 0 Å². The number of rotatable bonds is 2. The van der Waals surface area contributed by atoms with E-state index in [9.17, 15) is 13.2 Å². The second-order valence-corrected chi connectivity index (χ2v) is 5.71. The second kappa shape index (κ2) is 5.79. The molecule has 1 aliphatic carbocycles. The van der Waals surface area contributed by atoms with Crippen LogP contribution in [0.3, 0.4) is 0 Å². The Balaban J connectivity index is 1.67. The number of fused-ring (bicyclic) bond motifs is 1. The van der Waals surface area contributed by atoms with Gasteiger partial charge < -0.3 is 4.90 Å². The topological polar surface area (TPSA) is 32.3 Å². The molecule has 3 rings (SSSR count). The molecule has 0 spiro atoms. The number of anilines is 1. The van der Waals surface area contributed by atoms with Crippen LogP contribution in [-0.4, -0.2) is 53.8 Å². The van der Waals surface area contributed by atoms with E-state index in [2.05, 4.69) is 14.9 Å². The third-order valence-electron chi connectivity index (χ3n) is 4.18. The third kappa shape index (κ3) is 3.45. The number of piperazine rings is 1. The van der Waals surface area contributed by atoms with Crippen molar-refractivity contribution < 1.29 is 13.2 Å². The highest BCUT2D eigenvalue weighted by Crippen LogP contribution is 2.28. The number of aryl methyl sites for hydroxylation is 1. The van der Waals surface area contributed by atoms with Crippen LogP contribution < -0.4 is 4.90 Å². The number of hydrogen-bond donors (Lipinski definition) is 0. The molecule has 0 amide bonds. The monoisotopic (exact) mass is 300 g/mol. The van der Waals surface area contributed by atoms with Crippen LogP contribution in [-0.2, 0) is 12.8 Å². The summed E-state index contributed by atoms with van der Waals surface area (Å²) in [5.74, 6) is 0.936. The van der Waals surface area contributed by atoms with E-state index >= 15 is 0 Å². The molecule has 2 heterocycles. The maximum Gasteiger partial charge on any atom is 0.401 e. The second-order valence-electron chi connectivity index (χ2n) is 5.71. The van der Waals surface area contributed by atoms with Gasteiger partial charge in [0, 0.05) is 37.4 Å². The smallest absolute Gasteiger partial charge is 0.354 e. The van der Waals surface area contributed by atoms with Crippen molar-refractivity contribution >= 4 is 5.82 Å². The fourth-order valence-electron chi connectivity index (χ4n) is 3.15. The predicted molar refractivity (Wildman–Crippen MR) is 73.4 cm³/mol. The lowest BCUT2D eigenvalue weighted by molar-refractivity contribution is -0.146. The maximum absolute atomic E-state index is 12.4. The highest BCUT2D eigenvalue weighted by atomic mass is 19.4. The van der Waals surface area contributed by atoms with Crippen molar-refractivity contribution in [2.45, 2.75) is 31.9 Å². The summed E-state index contributed by atoms with van der Waals surface area (Å²) in [6, 6.07) is 0. The minimum Gasteiger partial charge on any atom is -0.354 e. The van der Waals surface area contributed by atoms with Gasteiger partial charge in [0.2, 0.25) is 0 Å². The van der Waals surface area contributed by atoms with Crippen LogP contribution in [0.15, 0.2) is 6.33 Å². The first-order valence-electron chi connectivity index (χ1n) is 7.40. The average Bonchev–Trinajstić information content (AvgIpc) is 2.46. The Morgan fingerprint density at radius 3 is 2.43 bits per heavy atom. The molecule has 7 heteroatoms. The summed E-state index contributed by atoms with van der Waals surface area (Å²) in [6.45, 7) is 1.23. The molecule has 0 aromatic carbocycles. The predicted octanol–water partition coefficient (Wildman–Crippen LogP) is 2.04. The first-order valence-corrected chi connectivity index (χ1v) is 7.40. The van der Waals surface area contributed by atoms with Gasteiger partial charge in [-0.05, 0) is 25.7 Å². The number of nitrogens with zero attached hydrogens (tertiary/aromatic N) is 4. The fraction of sp³-hybridized carbons (Fsp3) is 0.714. The summed E-state index contributed by atoms with van der Waals surface area (Å²) in [6.07, 6.45) is 1.73. The van der Waals surface area contributed by atoms with Crippen molar-refractivity contribution in [3.8, 4) is 0 Å². The van der Waals surface area contributed by atoms with Gasteiger partial charge in [0.05, 0.1) is 6.54 Å². The average molecular weight is 300 g/mol. The van der Waals surface area contributed by atoms with Gasteiger partial charge in [-0.2, -0.15) is 13.2 Å². The van der Waals surface area contributed by atoms with Crippen LogP contribution in [0.2, 0.25) is 0 Å². The Morgan fingerprint density at radius 1 is 1.00 bits per heavy atom. The number of alkyl halides is 3. The van der Waals surface area contributed by atoms with Gasteiger partial charge in [-0.1, -0.05) is 0 Å². The summed E-state index contributed by atoms with van der Waals surface area (Å²) >= 11 is 0. The van der Waals surface area contributed by atoms with Gasteiger partial charge in [0.15, 0.2) is 0 Å². The SMILES string of the molecule is FC(F)(F)CN1CCN(c2ncnc3c2CCCC3)CC1. The first kappa shape index (κ1) is 14.6. The molecular formula is C14H19F3N4. The molecule has 0 N–H and O–H groups in total. The van der Waals surface area contributed by atoms with E-state index in [1.54, 1.807) is 6.33 Å². The Labute approximate surface area is 122 Å². The van der Waals surface area contributed by atoms with E-state index in [4.69, 9.17) is 0 Å². The lowest BCUT2D eigenvalue weighted by Crippen LogP contribution is -2.49. The van der Waals surface area contributed by atoms with Crippen LogP contribution in [0.1, 0.15) is 24.1 Å². The van der Waals surface area contributed by atoms with Crippen LogP contribution in [0.4, 0.5) is 19.0 Å². The molecule has 1 aliphatic heterocycles. The Hall–Kier alpha value is -1.37. The van der Waals surface area contributed by atoms with Crippen molar-refractivity contribution in [2.24, 2.45) is 0 Å². The fourth-order valence-corrected chi connectivity index (χ4v) is 3.15. The van der Waals surface area contributed by atoms with E-state index < -0.39 is 12.7 Å².